The summed E-state index contributed by atoms with van der Waals surface area (Å²) in [4.78, 5) is 36.9. The van der Waals surface area contributed by atoms with Gasteiger partial charge in [0.25, 0.3) is 11.5 Å². The Bertz CT molecular complexity index is 607. The van der Waals surface area contributed by atoms with Crippen molar-refractivity contribution in [3.8, 4) is 0 Å². The Morgan fingerprint density at radius 1 is 1.35 bits per heavy atom. The number of aromatic nitrogens is 1. The zero-order chi connectivity index (χ0) is 14.9. The molecule has 1 saturated heterocycles. The maximum Gasteiger partial charge on any atom is 0.329 e. The largest absolute Gasteiger partial charge is 0.480 e. The summed E-state index contributed by atoms with van der Waals surface area (Å²) in [5, 5.41) is 9.40. The number of hydrogen-bond donors (Lipinski definition) is 1. The van der Waals surface area contributed by atoms with Crippen molar-refractivity contribution < 1.29 is 14.7 Å². The molecule has 0 aliphatic carbocycles. The van der Waals surface area contributed by atoms with Crippen molar-refractivity contribution in [3.63, 3.8) is 0 Å². The highest BCUT2D eigenvalue weighted by molar-refractivity contribution is 5.97. The van der Waals surface area contributed by atoms with Gasteiger partial charge in [0.1, 0.15) is 5.54 Å². The van der Waals surface area contributed by atoms with Crippen LogP contribution in [0.5, 0.6) is 0 Å². The summed E-state index contributed by atoms with van der Waals surface area (Å²) >= 11 is 0. The van der Waals surface area contributed by atoms with Crippen molar-refractivity contribution in [1.29, 1.82) is 0 Å². The number of carboxylic acids is 1. The normalized spacial score (nSPS) is 22.6. The van der Waals surface area contributed by atoms with Crippen LogP contribution in [-0.4, -0.2) is 38.5 Å². The van der Waals surface area contributed by atoms with Crippen molar-refractivity contribution in [2.24, 2.45) is 7.05 Å². The number of amides is 1. The maximum absolute atomic E-state index is 12.5. The van der Waals surface area contributed by atoms with Crippen LogP contribution < -0.4 is 5.56 Å². The minimum absolute atomic E-state index is 0.238. The van der Waals surface area contributed by atoms with Crippen LogP contribution in [-0.2, 0) is 11.8 Å². The molecule has 2 rings (SSSR count). The van der Waals surface area contributed by atoms with E-state index in [-0.39, 0.29) is 11.1 Å². The van der Waals surface area contributed by atoms with E-state index in [0.29, 0.717) is 13.0 Å². The van der Waals surface area contributed by atoms with Gasteiger partial charge >= 0.3 is 5.97 Å². The van der Waals surface area contributed by atoms with Crippen molar-refractivity contribution in [2.75, 3.05) is 6.54 Å². The van der Waals surface area contributed by atoms with Crippen molar-refractivity contribution >= 4 is 11.9 Å². The van der Waals surface area contributed by atoms with Gasteiger partial charge in [-0.25, -0.2) is 4.79 Å². The topological polar surface area (TPSA) is 79.6 Å². The SMILES string of the molecule is Cn1ccc(C(=O)N2CCCCC2(C)C(=O)O)cc1=O. The monoisotopic (exact) mass is 278 g/mol. The molecule has 1 amide bonds. The van der Waals surface area contributed by atoms with E-state index in [1.54, 1.807) is 20.0 Å². The third-order valence-corrected chi connectivity index (χ3v) is 3.95. The number of aryl methyl sites for hydroxylation is 1. The quantitative estimate of drug-likeness (QED) is 0.870. The van der Waals surface area contributed by atoms with E-state index >= 15 is 0 Å². The Labute approximate surface area is 116 Å². The predicted octanol–water partition coefficient (Wildman–Crippen LogP) is 0.855. The number of pyridine rings is 1. The number of nitrogens with zero attached hydrogens (tertiary/aromatic N) is 2. The molecular weight excluding hydrogens is 260 g/mol. The molecule has 1 N–H and O–H groups in total. The Morgan fingerprint density at radius 3 is 2.65 bits per heavy atom. The van der Waals surface area contributed by atoms with Crippen LogP contribution in [0.3, 0.4) is 0 Å². The van der Waals surface area contributed by atoms with Gasteiger partial charge in [0.15, 0.2) is 0 Å². The van der Waals surface area contributed by atoms with E-state index in [4.69, 9.17) is 0 Å². The first kappa shape index (κ1) is 14.3. The molecule has 1 aromatic rings. The minimum atomic E-state index is -1.20. The van der Waals surface area contributed by atoms with E-state index in [0.717, 1.165) is 12.8 Å². The molecule has 0 radical (unpaired) electrons. The molecule has 1 aromatic heterocycles. The molecule has 0 saturated carbocycles. The summed E-state index contributed by atoms with van der Waals surface area (Å²) in [6.07, 6.45) is 3.50. The average Bonchev–Trinajstić information content (AvgIpc) is 2.41. The first-order valence-electron chi connectivity index (χ1n) is 6.58. The van der Waals surface area contributed by atoms with Gasteiger partial charge in [0.2, 0.25) is 0 Å². The highest BCUT2D eigenvalue weighted by atomic mass is 16.4. The maximum atomic E-state index is 12.5. The summed E-state index contributed by atoms with van der Waals surface area (Å²) in [6.45, 7) is 1.96. The lowest BCUT2D eigenvalue weighted by Crippen LogP contribution is -2.57. The molecule has 0 spiro atoms. The molecule has 1 atom stereocenters. The lowest BCUT2D eigenvalue weighted by Gasteiger charge is -2.41. The molecule has 6 nitrogen and oxygen atoms in total. The van der Waals surface area contributed by atoms with Crippen molar-refractivity contribution in [2.45, 2.75) is 31.7 Å². The second-order valence-electron chi connectivity index (χ2n) is 5.36. The number of carbonyl (C=O) groups excluding carboxylic acids is 1. The molecule has 1 aliphatic heterocycles. The van der Waals surface area contributed by atoms with E-state index in [2.05, 4.69) is 0 Å². The molecule has 20 heavy (non-hydrogen) atoms. The number of hydrogen-bond acceptors (Lipinski definition) is 3. The highest BCUT2D eigenvalue weighted by Gasteiger charge is 2.44. The van der Waals surface area contributed by atoms with E-state index in [9.17, 15) is 19.5 Å². The number of likely N-dealkylation sites (tertiary alicyclic amines) is 1. The summed E-state index contributed by atoms with van der Waals surface area (Å²) in [5.74, 6) is -1.40. The van der Waals surface area contributed by atoms with Gasteiger partial charge in [-0.3, -0.25) is 9.59 Å². The van der Waals surface area contributed by atoms with Crippen LogP contribution in [0.2, 0.25) is 0 Å². The molecule has 1 aliphatic rings. The zero-order valence-electron chi connectivity index (χ0n) is 11.6. The second kappa shape index (κ2) is 5.11. The molecule has 1 unspecified atom stereocenters. The summed E-state index contributed by atoms with van der Waals surface area (Å²) < 4.78 is 1.36. The van der Waals surface area contributed by atoms with Gasteiger partial charge in [0, 0.05) is 31.4 Å². The van der Waals surface area contributed by atoms with E-state index < -0.39 is 17.4 Å². The van der Waals surface area contributed by atoms with Crippen LogP contribution in [0.4, 0.5) is 0 Å². The van der Waals surface area contributed by atoms with Gasteiger partial charge in [-0.15, -0.1) is 0 Å². The predicted molar refractivity (Wildman–Crippen MR) is 72.6 cm³/mol. The molecule has 6 heteroatoms. The zero-order valence-corrected chi connectivity index (χ0v) is 11.6. The lowest BCUT2D eigenvalue weighted by molar-refractivity contribution is -0.150. The van der Waals surface area contributed by atoms with Crippen LogP contribution in [0, 0.1) is 0 Å². The number of aliphatic carboxylic acids is 1. The second-order valence-corrected chi connectivity index (χ2v) is 5.36. The van der Waals surface area contributed by atoms with Crippen LogP contribution >= 0.6 is 0 Å². The molecule has 0 aromatic carbocycles. The van der Waals surface area contributed by atoms with Gasteiger partial charge in [-0.05, 0) is 32.3 Å². The first-order chi connectivity index (χ1) is 9.36. The van der Waals surface area contributed by atoms with Gasteiger partial charge in [-0.2, -0.15) is 0 Å². The highest BCUT2D eigenvalue weighted by Crippen LogP contribution is 2.29. The Morgan fingerprint density at radius 2 is 2.05 bits per heavy atom. The van der Waals surface area contributed by atoms with Crippen LogP contribution in [0.1, 0.15) is 36.5 Å². The minimum Gasteiger partial charge on any atom is -0.480 e. The fourth-order valence-electron chi connectivity index (χ4n) is 2.51. The Kier molecular flexibility index (Phi) is 3.65. The summed E-state index contributed by atoms with van der Waals surface area (Å²) in [5.41, 5.74) is -1.25. The first-order valence-corrected chi connectivity index (χ1v) is 6.58. The number of piperidine rings is 1. The molecule has 2 heterocycles. The van der Waals surface area contributed by atoms with Crippen molar-refractivity contribution in [3.05, 3.63) is 34.2 Å². The van der Waals surface area contributed by atoms with Gasteiger partial charge in [0.05, 0.1) is 0 Å². The average molecular weight is 278 g/mol. The molecule has 108 valence electrons. The number of carboxylic acid groups (broad SMARTS) is 1. The number of carbonyl (C=O) groups is 2. The number of rotatable bonds is 2. The standard InChI is InChI=1S/C14H18N2O4/c1-14(13(19)20)6-3-4-7-16(14)12(18)10-5-8-15(2)11(17)9-10/h5,8-9H,3-4,6-7H2,1-2H3,(H,19,20). The fraction of sp³-hybridized carbons (Fsp3) is 0.500. The third-order valence-electron chi connectivity index (χ3n) is 3.95. The van der Waals surface area contributed by atoms with Crippen molar-refractivity contribution in [1.82, 2.24) is 9.47 Å². The van der Waals surface area contributed by atoms with E-state index in [1.807, 2.05) is 0 Å². The Hall–Kier alpha value is -2.11. The van der Waals surface area contributed by atoms with Gasteiger partial charge < -0.3 is 14.6 Å². The molecule has 0 bridgehead atoms. The third kappa shape index (κ3) is 2.33. The Balaban J connectivity index is 2.37. The summed E-state index contributed by atoms with van der Waals surface area (Å²) in [6, 6.07) is 2.79. The molecular formula is C14H18N2O4. The lowest BCUT2D eigenvalue weighted by atomic mass is 9.88. The summed E-state index contributed by atoms with van der Waals surface area (Å²) in [7, 11) is 1.60. The van der Waals surface area contributed by atoms with Crippen LogP contribution in [0.15, 0.2) is 23.1 Å². The fourth-order valence-corrected chi connectivity index (χ4v) is 2.51. The molecule has 1 fully saturated rings. The smallest absolute Gasteiger partial charge is 0.329 e. The van der Waals surface area contributed by atoms with E-state index in [1.165, 1.54) is 21.7 Å². The van der Waals surface area contributed by atoms with Gasteiger partial charge in [-0.1, -0.05) is 0 Å². The van der Waals surface area contributed by atoms with Crippen LogP contribution in [0.25, 0.3) is 0 Å².